The quantitative estimate of drug-likeness (QED) is 0.398. The van der Waals surface area contributed by atoms with Gasteiger partial charge in [0.1, 0.15) is 6.10 Å². The third-order valence-corrected chi connectivity index (χ3v) is 11.1. The van der Waals surface area contributed by atoms with E-state index in [2.05, 4.69) is 34.6 Å². The summed E-state index contributed by atoms with van der Waals surface area (Å²) in [5, 5.41) is 0. The molecule has 0 N–H and O–H groups in total. The second-order valence-corrected chi connectivity index (χ2v) is 12.7. The number of hydrogen-bond donors (Lipinski definition) is 0. The Morgan fingerprint density at radius 1 is 0.933 bits per heavy atom. The molecule has 4 saturated carbocycles. The van der Waals surface area contributed by atoms with Gasteiger partial charge in [0.05, 0.1) is 0 Å². The van der Waals surface area contributed by atoms with Gasteiger partial charge in [-0.1, -0.05) is 53.9 Å². The third kappa shape index (κ3) is 3.66. The van der Waals surface area contributed by atoms with Gasteiger partial charge in [-0.2, -0.15) is 0 Å². The van der Waals surface area contributed by atoms with E-state index in [1.807, 2.05) is 0 Å². The van der Waals surface area contributed by atoms with Gasteiger partial charge in [0.25, 0.3) is 6.47 Å². The molecule has 2 nitrogen and oxygen atoms in total. The highest BCUT2D eigenvalue weighted by Gasteiger charge is 2.62. The summed E-state index contributed by atoms with van der Waals surface area (Å²) in [5.74, 6) is 5.97. The summed E-state index contributed by atoms with van der Waals surface area (Å²) < 4.78 is 5.78. The van der Waals surface area contributed by atoms with Gasteiger partial charge in [-0.15, -0.1) is 0 Å². The summed E-state index contributed by atoms with van der Waals surface area (Å²) in [6.45, 7) is 13.2. The van der Waals surface area contributed by atoms with Crippen molar-refractivity contribution in [3.05, 3.63) is 0 Å². The van der Waals surface area contributed by atoms with Crippen LogP contribution in [0.4, 0.5) is 0 Å². The first-order valence-electron chi connectivity index (χ1n) is 13.4. The Hall–Kier alpha value is -0.530. The van der Waals surface area contributed by atoms with Crippen molar-refractivity contribution in [1.82, 2.24) is 0 Å². The van der Waals surface area contributed by atoms with E-state index in [-0.39, 0.29) is 11.5 Å². The summed E-state index contributed by atoms with van der Waals surface area (Å²) in [6.07, 6.45) is 16.6. The van der Waals surface area contributed by atoms with Crippen LogP contribution in [0.5, 0.6) is 0 Å². The normalized spacial score (nSPS) is 46.6. The van der Waals surface area contributed by atoms with Crippen LogP contribution in [-0.4, -0.2) is 12.6 Å². The average molecular weight is 417 g/mol. The van der Waals surface area contributed by atoms with E-state index >= 15 is 0 Å². The Balaban J connectivity index is 1.50. The van der Waals surface area contributed by atoms with Crippen molar-refractivity contribution in [1.29, 1.82) is 0 Å². The molecule has 4 rings (SSSR count). The fourth-order valence-electron chi connectivity index (χ4n) is 9.59. The predicted molar refractivity (Wildman–Crippen MR) is 124 cm³/mol. The minimum Gasteiger partial charge on any atom is -0.464 e. The summed E-state index contributed by atoms with van der Waals surface area (Å²) in [7, 11) is 0. The van der Waals surface area contributed by atoms with Gasteiger partial charge in [0.15, 0.2) is 0 Å². The van der Waals surface area contributed by atoms with Crippen LogP contribution in [-0.2, 0) is 9.53 Å². The van der Waals surface area contributed by atoms with Crippen molar-refractivity contribution in [2.24, 2.45) is 52.3 Å². The molecule has 9 atom stereocenters. The van der Waals surface area contributed by atoms with Crippen LogP contribution in [0.2, 0.25) is 0 Å². The Morgan fingerprint density at radius 2 is 1.73 bits per heavy atom. The van der Waals surface area contributed by atoms with Gasteiger partial charge < -0.3 is 4.74 Å². The molecule has 0 bridgehead atoms. The van der Waals surface area contributed by atoms with E-state index in [9.17, 15) is 4.79 Å². The highest BCUT2D eigenvalue weighted by molar-refractivity contribution is 5.38. The molecule has 2 unspecified atom stereocenters. The summed E-state index contributed by atoms with van der Waals surface area (Å²) in [4.78, 5) is 11.3. The monoisotopic (exact) mass is 416 g/mol. The molecular formula is C28H48O2. The van der Waals surface area contributed by atoms with Crippen LogP contribution in [0.15, 0.2) is 0 Å². The summed E-state index contributed by atoms with van der Waals surface area (Å²) in [5.41, 5.74) is 0.779. The molecule has 0 aliphatic heterocycles. The SMILES string of the molecule is CC(C)CCC[C@@H](C)[C@H]1CC[C@H]2[C@@H]3CCC4CCCC(OC=O)[C@]4(C)[C@H]3CC[C@]12C. The van der Waals surface area contributed by atoms with E-state index in [0.717, 1.165) is 54.3 Å². The van der Waals surface area contributed by atoms with Crippen molar-refractivity contribution >= 4 is 6.47 Å². The molecule has 30 heavy (non-hydrogen) atoms. The van der Waals surface area contributed by atoms with Crippen molar-refractivity contribution < 1.29 is 9.53 Å². The smallest absolute Gasteiger partial charge is 0.293 e. The van der Waals surface area contributed by atoms with E-state index in [1.165, 1.54) is 70.6 Å². The van der Waals surface area contributed by atoms with Gasteiger partial charge in [-0.05, 0) is 105 Å². The highest BCUT2D eigenvalue weighted by atomic mass is 16.5. The van der Waals surface area contributed by atoms with Crippen LogP contribution in [0.25, 0.3) is 0 Å². The standard InChI is InChI=1S/C28H48O2/c1-19(2)8-6-9-20(3)23-14-15-24-22-13-12-21-10-7-11-26(30-18-29)28(21,5)25(22)16-17-27(23,24)4/h18-26H,6-17H2,1-5H3/t20-,21?,22+,23-,24+,25+,26?,27-,28+/m1/s1. The molecular weight excluding hydrogens is 368 g/mol. The maximum Gasteiger partial charge on any atom is 0.293 e. The molecule has 0 aromatic rings. The number of carbonyl (C=O) groups excluding carboxylic acids is 1. The number of hydrogen-bond acceptors (Lipinski definition) is 2. The lowest BCUT2D eigenvalue weighted by molar-refractivity contribution is -0.182. The minimum absolute atomic E-state index is 0.165. The highest BCUT2D eigenvalue weighted by Crippen LogP contribution is 2.68. The van der Waals surface area contributed by atoms with E-state index in [0.29, 0.717) is 5.41 Å². The third-order valence-electron chi connectivity index (χ3n) is 11.1. The lowest BCUT2D eigenvalue weighted by Crippen LogP contribution is -2.58. The zero-order valence-corrected chi connectivity index (χ0v) is 20.5. The second kappa shape index (κ2) is 8.78. The number of carbonyl (C=O) groups is 1. The largest absolute Gasteiger partial charge is 0.464 e. The van der Waals surface area contributed by atoms with Gasteiger partial charge in [-0.3, -0.25) is 4.79 Å². The van der Waals surface area contributed by atoms with Crippen molar-refractivity contribution in [2.45, 2.75) is 118 Å². The molecule has 0 spiro atoms. The van der Waals surface area contributed by atoms with Gasteiger partial charge in [0, 0.05) is 5.41 Å². The van der Waals surface area contributed by atoms with E-state index in [4.69, 9.17) is 4.74 Å². The lowest BCUT2D eigenvalue weighted by atomic mass is 9.44. The molecule has 4 aliphatic rings. The van der Waals surface area contributed by atoms with Crippen molar-refractivity contribution in [2.75, 3.05) is 0 Å². The molecule has 0 amide bonds. The molecule has 0 heterocycles. The van der Waals surface area contributed by atoms with Gasteiger partial charge in [0.2, 0.25) is 0 Å². The Bertz CT molecular complexity index is 599. The van der Waals surface area contributed by atoms with Crippen LogP contribution in [0.3, 0.4) is 0 Å². The maximum absolute atomic E-state index is 11.3. The fraction of sp³-hybridized carbons (Fsp3) is 0.964. The molecule has 172 valence electrons. The van der Waals surface area contributed by atoms with E-state index in [1.54, 1.807) is 0 Å². The van der Waals surface area contributed by atoms with Crippen molar-refractivity contribution in [3.63, 3.8) is 0 Å². The second-order valence-electron chi connectivity index (χ2n) is 12.7. The number of ether oxygens (including phenoxy) is 1. The number of fused-ring (bicyclic) bond motifs is 5. The first kappa shape index (κ1) is 22.7. The Kier molecular flexibility index (Phi) is 6.63. The van der Waals surface area contributed by atoms with E-state index < -0.39 is 0 Å². The van der Waals surface area contributed by atoms with Gasteiger partial charge >= 0.3 is 0 Å². The predicted octanol–water partition coefficient (Wildman–Crippen LogP) is 7.65. The molecule has 4 aliphatic carbocycles. The molecule has 4 fully saturated rings. The Labute approximate surface area is 186 Å². The number of rotatable bonds is 7. The molecule has 0 aromatic heterocycles. The topological polar surface area (TPSA) is 26.3 Å². The average Bonchev–Trinajstić information content (AvgIpc) is 3.05. The molecule has 0 saturated heterocycles. The summed E-state index contributed by atoms with van der Waals surface area (Å²) in [6, 6.07) is 0. The summed E-state index contributed by atoms with van der Waals surface area (Å²) >= 11 is 0. The minimum atomic E-state index is 0.165. The van der Waals surface area contributed by atoms with Crippen LogP contribution >= 0.6 is 0 Å². The first-order chi connectivity index (χ1) is 14.3. The fourth-order valence-corrected chi connectivity index (χ4v) is 9.59. The van der Waals surface area contributed by atoms with Crippen LogP contribution in [0.1, 0.15) is 112 Å². The zero-order valence-electron chi connectivity index (χ0n) is 20.5. The van der Waals surface area contributed by atoms with Gasteiger partial charge in [-0.25, -0.2) is 0 Å². The maximum atomic E-state index is 11.3. The molecule has 0 radical (unpaired) electrons. The zero-order chi connectivity index (χ0) is 21.5. The van der Waals surface area contributed by atoms with Crippen LogP contribution in [0, 0.1) is 52.3 Å². The molecule has 0 aromatic carbocycles. The van der Waals surface area contributed by atoms with Crippen molar-refractivity contribution in [3.8, 4) is 0 Å². The molecule has 2 heteroatoms. The Morgan fingerprint density at radius 3 is 2.47 bits per heavy atom. The first-order valence-corrected chi connectivity index (χ1v) is 13.4. The van der Waals surface area contributed by atoms with Crippen LogP contribution < -0.4 is 0 Å². The lowest BCUT2D eigenvalue weighted by Gasteiger charge is -2.62.